The Bertz CT molecular complexity index is 811. The summed E-state index contributed by atoms with van der Waals surface area (Å²) in [5.41, 5.74) is 1.62. The maximum absolute atomic E-state index is 12.2. The topological polar surface area (TPSA) is 53.2 Å². The molecule has 27 heavy (non-hydrogen) atoms. The van der Waals surface area contributed by atoms with E-state index in [9.17, 15) is 4.79 Å². The van der Waals surface area contributed by atoms with Crippen molar-refractivity contribution in [3.05, 3.63) is 70.7 Å². The van der Waals surface area contributed by atoms with E-state index in [1.165, 1.54) is 6.08 Å². The van der Waals surface area contributed by atoms with Gasteiger partial charge in [0.15, 0.2) is 5.11 Å². The number of carbonyl (C=O) groups is 1. The van der Waals surface area contributed by atoms with Crippen molar-refractivity contribution in [3.63, 3.8) is 0 Å². The molecule has 0 bridgehead atoms. The van der Waals surface area contributed by atoms with Crippen molar-refractivity contribution >= 4 is 85.7 Å². The number of nitrogens with one attached hydrogen (secondary N) is 3. The summed E-state index contributed by atoms with van der Waals surface area (Å²) in [6.45, 7) is 0. The standard InChI is InChI=1S/C18H15BrCl3N3OS/c19-13-7-9-14(10-8-13)23-17(27)25-16(18(20,21)22)24-15(26)11-6-12-4-2-1-3-5-12/h1-11,16H,(H,24,26)(H2,23,25,27)/b11-6+. The van der Waals surface area contributed by atoms with Crippen LogP contribution in [0.15, 0.2) is 65.1 Å². The van der Waals surface area contributed by atoms with Crippen LogP contribution >= 0.6 is 63.0 Å². The molecule has 1 amide bonds. The van der Waals surface area contributed by atoms with Gasteiger partial charge in [-0.1, -0.05) is 81.1 Å². The van der Waals surface area contributed by atoms with Crippen LogP contribution in [0.25, 0.3) is 6.08 Å². The molecule has 0 saturated heterocycles. The Morgan fingerprint density at radius 1 is 1.04 bits per heavy atom. The molecule has 2 rings (SSSR count). The SMILES string of the molecule is O=C(/C=C/c1ccccc1)NC(NC(=S)Nc1ccc(Br)cc1)C(Cl)(Cl)Cl. The average Bonchev–Trinajstić information content (AvgIpc) is 2.61. The van der Waals surface area contributed by atoms with Crippen LogP contribution in [0.4, 0.5) is 5.69 Å². The van der Waals surface area contributed by atoms with Crippen LogP contribution in [-0.2, 0) is 4.79 Å². The summed E-state index contributed by atoms with van der Waals surface area (Å²) in [5, 5.41) is 8.53. The normalized spacial score (nSPS) is 12.4. The van der Waals surface area contributed by atoms with Crippen LogP contribution in [0.5, 0.6) is 0 Å². The number of alkyl halides is 3. The first-order valence-corrected chi connectivity index (χ1v) is 10.0. The highest BCUT2D eigenvalue weighted by Crippen LogP contribution is 2.29. The van der Waals surface area contributed by atoms with Gasteiger partial charge in [0.05, 0.1) is 0 Å². The number of thiocarbonyl (C=S) groups is 1. The molecule has 0 heterocycles. The van der Waals surface area contributed by atoms with E-state index in [0.717, 1.165) is 15.7 Å². The number of hydrogen-bond donors (Lipinski definition) is 3. The van der Waals surface area contributed by atoms with Crippen molar-refractivity contribution in [1.29, 1.82) is 0 Å². The van der Waals surface area contributed by atoms with Gasteiger partial charge in [-0.3, -0.25) is 4.79 Å². The van der Waals surface area contributed by atoms with Gasteiger partial charge in [0, 0.05) is 16.2 Å². The molecule has 0 aliphatic heterocycles. The Labute approximate surface area is 186 Å². The zero-order chi connectivity index (χ0) is 19.9. The molecule has 4 nitrogen and oxygen atoms in total. The minimum Gasteiger partial charge on any atom is -0.339 e. The van der Waals surface area contributed by atoms with Crippen molar-refractivity contribution in [2.45, 2.75) is 9.96 Å². The van der Waals surface area contributed by atoms with Crippen molar-refractivity contribution < 1.29 is 4.79 Å². The minimum atomic E-state index is -1.82. The maximum Gasteiger partial charge on any atom is 0.245 e. The summed E-state index contributed by atoms with van der Waals surface area (Å²) in [6.07, 6.45) is 1.97. The van der Waals surface area contributed by atoms with Crippen LogP contribution in [0.2, 0.25) is 0 Å². The third kappa shape index (κ3) is 8.07. The fourth-order valence-corrected chi connectivity index (χ4v) is 2.79. The van der Waals surface area contributed by atoms with Gasteiger partial charge in [0.1, 0.15) is 6.17 Å². The fourth-order valence-electron chi connectivity index (χ4n) is 1.96. The number of rotatable bonds is 5. The van der Waals surface area contributed by atoms with Crippen molar-refractivity contribution in [3.8, 4) is 0 Å². The Balaban J connectivity index is 1.98. The smallest absolute Gasteiger partial charge is 0.245 e. The van der Waals surface area contributed by atoms with Crippen LogP contribution < -0.4 is 16.0 Å². The zero-order valence-electron chi connectivity index (χ0n) is 13.8. The van der Waals surface area contributed by atoms with E-state index >= 15 is 0 Å². The van der Waals surface area contributed by atoms with E-state index in [-0.39, 0.29) is 5.11 Å². The Hall–Kier alpha value is -1.31. The van der Waals surface area contributed by atoms with Crippen molar-refractivity contribution in [1.82, 2.24) is 10.6 Å². The molecule has 0 fully saturated rings. The summed E-state index contributed by atoms with van der Waals surface area (Å²) >= 11 is 26.5. The lowest BCUT2D eigenvalue weighted by Gasteiger charge is -2.27. The number of anilines is 1. The van der Waals surface area contributed by atoms with Crippen LogP contribution in [-0.4, -0.2) is 21.0 Å². The molecular formula is C18H15BrCl3N3OS. The summed E-state index contributed by atoms with van der Waals surface area (Å²) < 4.78 is -0.884. The first kappa shape index (κ1) is 22.0. The molecule has 0 spiro atoms. The van der Waals surface area contributed by atoms with E-state index in [4.69, 9.17) is 47.0 Å². The number of hydrogen-bond acceptors (Lipinski definition) is 2. The van der Waals surface area contributed by atoms with Gasteiger partial charge in [0.25, 0.3) is 0 Å². The summed E-state index contributed by atoms with van der Waals surface area (Å²) in [4.78, 5) is 12.2. The van der Waals surface area contributed by atoms with Gasteiger partial charge >= 0.3 is 0 Å². The second-order valence-corrected chi connectivity index (χ2v) is 9.03. The highest BCUT2D eigenvalue weighted by molar-refractivity contribution is 9.10. The minimum absolute atomic E-state index is 0.195. The highest BCUT2D eigenvalue weighted by atomic mass is 79.9. The fraction of sp³-hybridized carbons (Fsp3) is 0.111. The molecule has 2 aromatic rings. The molecule has 0 saturated carbocycles. The van der Waals surface area contributed by atoms with E-state index < -0.39 is 15.9 Å². The second kappa shape index (κ2) is 10.3. The number of carbonyl (C=O) groups excluding carboxylic acids is 1. The molecule has 1 atom stereocenters. The van der Waals surface area contributed by atoms with Crippen molar-refractivity contribution in [2.75, 3.05) is 5.32 Å². The molecule has 0 aliphatic rings. The zero-order valence-corrected chi connectivity index (χ0v) is 18.4. The average molecular weight is 508 g/mol. The third-order valence-electron chi connectivity index (χ3n) is 3.22. The molecule has 2 aromatic carbocycles. The van der Waals surface area contributed by atoms with Gasteiger partial charge in [0.2, 0.25) is 9.70 Å². The molecule has 3 N–H and O–H groups in total. The summed E-state index contributed by atoms with van der Waals surface area (Å²) in [5.74, 6) is -0.436. The third-order valence-corrected chi connectivity index (χ3v) is 4.62. The van der Waals surface area contributed by atoms with Gasteiger partial charge in [-0.15, -0.1) is 0 Å². The van der Waals surface area contributed by atoms with Gasteiger partial charge in [-0.25, -0.2) is 0 Å². The molecule has 9 heteroatoms. The Morgan fingerprint density at radius 2 is 1.67 bits per heavy atom. The summed E-state index contributed by atoms with van der Waals surface area (Å²) in [7, 11) is 0. The molecule has 0 radical (unpaired) electrons. The van der Waals surface area contributed by atoms with E-state index in [0.29, 0.717) is 0 Å². The molecular weight excluding hydrogens is 493 g/mol. The lowest BCUT2D eigenvalue weighted by atomic mass is 10.2. The van der Waals surface area contributed by atoms with E-state index in [1.807, 2.05) is 54.6 Å². The first-order valence-electron chi connectivity index (χ1n) is 7.67. The number of amides is 1. The summed E-state index contributed by atoms with van der Waals surface area (Å²) in [6, 6.07) is 16.7. The van der Waals surface area contributed by atoms with Crippen LogP contribution in [0, 0.1) is 0 Å². The molecule has 0 aliphatic carbocycles. The van der Waals surface area contributed by atoms with E-state index in [1.54, 1.807) is 6.08 Å². The quantitative estimate of drug-likeness (QED) is 0.224. The van der Waals surface area contributed by atoms with Crippen LogP contribution in [0.1, 0.15) is 5.56 Å². The second-order valence-electron chi connectivity index (χ2n) is 5.33. The maximum atomic E-state index is 12.2. The molecule has 1 unspecified atom stereocenters. The lowest BCUT2D eigenvalue weighted by Crippen LogP contribution is -2.55. The monoisotopic (exact) mass is 505 g/mol. The van der Waals surface area contributed by atoms with Gasteiger partial charge < -0.3 is 16.0 Å². The predicted octanol–water partition coefficient (Wildman–Crippen LogP) is 5.26. The van der Waals surface area contributed by atoms with Gasteiger partial charge in [-0.05, 0) is 48.1 Å². The van der Waals surface area contributed by atoms with Crippen LogP contribution in [0.3, 0.4) is 0 Å². The Morgan fingerprint density at radius 3 is 2.26 bits per heavy atom. The highest BCUT2D eigenvalue weighted by Gasteiger charge is 2.34. The van der Waals surface area contributed by atoms with E-state index in [2.05, 4.69) is 31.9 Å². The molecule has 0 aromatic heterocycles. The Kier molecular flexibility index (Phi) is 8.38. The first-order chi connectivity index (χ1) is 12.7. The predicted molar refractivity (Wildman–Crippen MR) is 121 cm³/mol. The number of halogens is 4. The lowest BCUT2D eigenvalue weighted by molar-refractivity contribution is -0.117. The molecule has 142 valence electrons. The largest absolute Gasteiger partial charge is 0.339 e. The van der Waals surface area contributed by atoms with Gasteiger partial charge in [-0.2, -0.15) is 0 Å². The number of benzene rings is 2. The van der Waals surface area contributed by atoms with Crippen molar-refractivity contribution in [2.24, 2.45) is 0 Å².